The van der Waals surface area contributed by atoms with Gasteiger partial charge in [-0.3, -0.25) is 4.79 Å². The lowest BCUT2D eigenvalue weighted by Gasteiger charge is -2.57. The summed E-state index contributed by atoms with van der Waals surface area (Å²) in [6, 6.07) is 13.9. The van der Waals surface area contributed by atoms with Crippen LogP contribution < -0.4 is 9.47 Å². The van der Waals surface area contributed by atoms with E-state index >= 15 is 0 Å². The summed E-state index contributed by atoms with van der Waals surface area (Å²) >= 11 is 0. The van der Waals surface area contributed by atoms with Crippen molar-refractivity contribution in [1.82, 2.24) is 0 Å². The van der Waals surface area contributed by atoms with Crippen LogP contribution in [0.1, 0.15) is 60.0 Å². The molecule has 3 heteroatoms. The van der Waals surface area contributed by atoms with Crippen LogP contribution in [0.25, 0.3) is 0 Å². The molecule has 0 saturated heterocycles. The molecule has 0 aliphatic heterocycles. The van der Waals surface area contributed by atoms with E-state index in [2.05, 4.69) is 18.2 Å². The minimum atomic E-state index is 0.307. The van der Waals surface area contributed by atoms with E-state index in [0.717, 1.165) is 35.5 Å². The Bertz CT molecular complexity index is 833. The van der Waals surface area contributed by atoms with E-state index in [9.17, 15) is 4.79 Å². The average molecular weight is 376 g/mol. The second kappa shape index (κ2) is 6.95. The zero-order valence-electron chi connectivity index (χ0n) is 16.5. The molecule has 2 aromatic carbocycles. The van der Waals surface area contributed by atoms with Crippen molar-refractivity contribution in [2.24, 2.45) is 17.8 Å². The van der Waals surface area contributed by atoms with Crippen molar-refractivity contribution in [2.45, 2.75) is 50.5 Å². The number of hydrogen-bond donors (Lipinski definition) is 0. The van der Waals surface area contributed by atoms with Gasteiger partial charge in [-0.2, -0.15) is 0 Å². The maximum Gasteiger partial charge on any atom is 0.150 e. The number of rotatable bonds is 6. The van der Waals surface area contributed by atoms with Crippen LogP contribution in [0, 0.1) is 17.8 Å². The van der Waals surface area contributed by atoms with Crippen LogP contribution in [0.2, 0.25) is 0 Å². The summed E-state index contributed by atoms with van der Waals surface area (Å²) < 4.78 is 11.8. The number of hydrogen-bond acceptors (Lipinski definition) is 3. The second-order valence-corrected chi connectivity index (χ2v) is 9.21. The van der Waals surface area contributed by atoms with E-state index in [1.807, 2.05) is 12.1 Å². The van der Waals surface area contributed by atoms with Crippen molar-refractivity contribution in [1.29, 1.82) is 0 Å². The highest BCUT2D eigenvalue weighted by molar-refractivity contribution is 5.74. The van der Waals surface area contributed by atoms with Crippen LogP contribution in [0.4, 0.5) is 0 Å². The van der Waals surface area contributed by atoms with Gasteiger partial charge in [0.2, 0.25) is 0 Å². The average Bonchev–Trinajstić information content (AvgIpc) is 2.71. The molecular formula is C25H28O3. The molecule has 0 heterocycles. The fourth-order valence-electron chi connectivity index (χ4n) is 6.51. The van der Waals surface area contributed by atoms with E-state index < -0.39 is 0 Å². The van der Waals surface area contributed by atoms with Gasteiger partial charge in [0.25, 0.3) is 0 Å². The predicted octanol–water partition coefficient (Wildman–Crippen LogP) is 5.55. The normalized spacial score (nSPS) is 30.2. The summed E-state index contributed by atoms with van der Waals surface area (Å²) in [5, 5.41) is 0. The summed E-state index contributed by atoms with van der Waals surface area (Å²) in [7, 11) is 1.80. The van der Waals surface area contributed by atoms with Crippen molar-refractivity contribution in [3.8, 4) is 11.5 Å². The standard InChI is InChI=1S/C25H28O3/c1-27-24-7-4-18(16-28-22-5-2-17(15-26)3-6-22)11-23(24)25-12-19-8-20(13-25)10-21(9-19)14-25/h2-7,11,15,19-21H,8-10,12-14,16H2,1H3. The first-order chi connectivity index (χ1) is 13.7. The molecule has 3 nitrogen and oxygen atoms in total. The minimum Gasteiger partial charge on any atom is -0.496 e. The van der Waals surface area contributed by atoms with Crippen molar-refractivity contribution >= 4 is 6.29 Å². The monoisotopic (exact) mass is 376 g/mol. The molecule has 0 aromatic heterocycles. The second-order valence-electron chi connectivity index (χ2n) is 9.21. The molecule has 6 rings (SSSR count). The van der Waals surface area contributed by atoms with Gasteiger partial charge in [0, 0.05) is 11.1 Å². The Kier molecular flexibility index (Phi) is 4.41. The van der Waals surface area contributed by atoms with Crippen LogP contribution >= 0.6 is 0 Å². The smallest absolute Gasteiger partial charge is 0.150 e. The third-order valence-electron chi connectivity index (χ3n) is 7.30. The highest BCUT2D eigenvalue weighted by atomic mass is 16.5. The van der Waals surface area contributed by atoms with Gasteiger partial charge >= 0.3 is 0 Å². The third-order valence-corrected chi connectivity index (χ3v) is 7.30. The van der Waals surface area contributed by atoms with E-state index in [1.165, 1.54) is 49.7 Å². The Morgan fingerprint density at radius 1 is 0.964 bits per heavy atom. The maximum atomic E-state index is 10.8. The molecule has 0 amide bonds. The van der Waals surface area contributed by atoms with E-state index in [4.69, 9.17) is 9.47 Å². The first kappa shape index (κ1) is 17.8. The van der Waals surface area contributed by atoms with Crippen LogP contribution in [-0.2, 0) is 12.0 Å². The molecule has 4 fully saturated rings. The van der Waals surface area contributed by atoms with Crippen LogP contribution in [-0.4, -0.2) is 13.4 Å². The first-order valence-corrected chi connectivity index (χ1v) is 10.5. The fourth-order valence-corrected chi connectivity index (χ4v) is 6.51. The number of ether oxygens (including phenoxy) is 2. The zero-order valence-corrected chi connectivity index (χ0v) is 16.5. The van der Waals surface area contributed by atoms with Gasteiger partial charge in [-0.15, -0.1) is 0 Å². The summed E-state index contributed by atoms with van der Waals surface area (Å²) in [4.78, 5) is 10.8. The lowest BCUT2D eigenvalue weighted by Crippen LogP contribution is -2.48. The lowest BCUT2D eigenvalue weighted by atomic mass is 9.48. The summed E-state index contributed by atoms with van der Waals surface area (Å²) in [6.45, 7) is 0.532. The SMILES string of the molecule is COc1ccc(COc2ccc(C=O)cc2)cc1C12CC3CC(CC(C3)C1)C2. The molecule has 0 spiro atoms. The predicted molar refractivity (Wildman–Crippen MR) is 109 cm³/mol. The first-order valence-electron chi connectivity index (χ1n) is 10.5. The fraction of sp³-hybridized carbons (Fsp3) is 0.480. The molecule has 4 aliphatic rings. The third kappa shape index (κ3) is 3.11. The quantitative estimate of drug-likeness (QED) is 0.620. The summed E-state index contributed by atoms with van der Waals surface area (Å²) in [5.41, 5.74) is 3.57. The van der Waals surface area contributed by atoms with Crippen molar-refractivity contribution in [3.63, 3.8) is 0 Å². The lowest BCUT2D eigenvalue weighted by molar-refractivity contribution is -0.00621. The van der Waals surface area contributed by atoms with E-state index in [0.29, 0.717) is 17.6 Å². The van der Waals surface area contributed by atoms with Gasteiger partial charge in [0.15, 0.2) is 0 Å². The maximum absolute atomic E-state index is 10.8. The molecule has 146 valence electrons. The van der Waals surface area contributed by atoms with Crippen LogP contribution in [0.3, 0.4) is 0 Å². The van der Waals surface area contributed by atoms with Gasteiger partial charge in [0.05, 0.1) is 7.11 Å². The summed E-state index contributed by atoms with van der Waals surface area (Å²) in [6.07, 6.45) is 9.17. The number of carbonyl (C=O) groups is 1. The largest absolute Gasteiger partial charge is 0.496 e. The van der Waals surface area contributed by atoms with Crippen molar-refractivity contribution in [3.05, 3.63) is 59.2 Å². The van der Waals surface area contributed by atoms with Gasteiger partial charge in [-0.1, -0.05) is 6.07 Å². The molecular weight excluding hydrogens is 348 g/mol. The Hall–Kier alpha value is -2.29. The topological polar surface area (TPSA) is 35.5 Å². The molecule has 28 heavy (non-hydrogen) atoms. The minimum absolute atomic E-state index is 0.307. The van der Waals surface area contributed by atoms with E-state index in [-0.39, 0.29) is 0 Å². The number of benzene rings is 2. The molecule has 4 aliphatic carbocycles. The van der Waals surface area contributed by atoms with Gasteiger partial charge in [0.1, 0.15) is 24.4 Å². The molecule has 0 atom stereocenters. The van der Waals surface area contributed by atoms with Gasteiger partial charge in [-0.05, 0) is 104 Å². The van der Waals surface area contributed by atoms with Crippen LogP contribution in [0.15, 0.2) is 42.5 Å². The molecule has 4 bridgehead atoms. The molecule has 4 saturated carbocycles. The molecule has 0 unspecified atom stereocenters. The number of carbonyl (C=O) groups excluding carboxylic acids is 1. The summed E-state index contributed by atoms with van der Waals surface area (Å²) in [5.74, 6) is 4.56. The number of aldehydes is 1. The Morgan fingerprint density at radius 3 is 2.18 bits per heavy atom. The highest BCUT2D eigenvalue weighted by Crippen LogP contribution is 2.61. The van der Waals surface area contributed by atoms with Crippen LogP contribution in [0.5, 0.6) is 11.5 Å². The van der Waals surface area contributed by atoms with Gasteiger partial charge in [-0.25, -0.2) is 0 Å². The van der Waals surface area contributed by atoms with Crippen molar-refractivity contribution < 1.29 is 14.3 Å². The van der Waals surface area contributed by atoms with Gasteiger partial charge < -0.3 is 9.47 Å². The highest BCUT2D eigenvalue weighted by Gasteiger charge is 2.52. The zero-order chi connectivity index (χ0) is 19.1. The Balaban J connectivity index is 1.40. The van der Waals surface area contributed by atoms with Crippen molar-refractivity contribution in [2.75, 3.05) is 7.11 Å². The molecule has 0 radical (unpaired) electrons. The Morgan fingerprint density at radius 2 is 1.61 bits per heavy atom. The Labute approximate surface area is 167 Å². The molecule has 0 N–H and O–H groups in total. The number of methoxy groups -OCH3 is 1. The van der Waals surface area contributed by atoms with E-state index in [1.54, 1.807) is 19.2 Å². The molecule has 2 aromatic rings.